The Kier molecular flexibility index (Phi) is 6.58. The standard InChI is InChI=1S/C24H18F4N4O2/c25-18-7-5-16(6-8-18)13-32-14-19(12-30-32)31-23(33)21-11-17(9-10-29-21)15-34-22-4-2-1-3-20(22)24(26,27)28/h1-12,14H,13,15H2,(H,31,33). The zero-order chi connectivity index (χ0) is 24.1. The van der Waals surface area contributed by atoms with Crippen LogP contribution >= 0.6 is 0 Å². The minimum absolute atomic E-state index is 0.0662. The molecule has 0 fully saturated rings. The Morgan fingerprint density at radius 3 is 2.56 bits per heavy atom. The van der Waals surface area contributed by atoms with Gasteiger partial charge in [-0.25, -0.2) is 4.39 Å². The fourth-order valence-corrected chi connectivity index (χ4v) is 3.16. The second-order valence-electron chi connectivity index (χ2n) is 7.34. The largest absolute Gasteiger partial charge is 0.488 e. The van der Waals surface area contributed by atoms with Crippen molar-refractivity contribution in [1.82, 2.24) is 14.8 Å². The smallest absolute Gasteiger partial charge is 0.419 e. The molecule has 0 unspecified atom stereocenters. The van der Waals surface area contributed by atoms with Crippen LogP contribution in [0.3, 0.4) is 0 Å². The van der Waals surface area contributed by atoms with Crippen molar-refractivity contribution < 1.29 is 27.1 Å². The van der Waals surface area contributed by atoms with E-state index in [-0.39, 0.29) is 23.9 Å². The number of hydrogen-bond donors (Lipinski definition) is 1. The summed E-state index contributed by atoms with van der Waals surface area (Å²) >= 11 is 0. The Morgan fingerprint density at radius 2 is 1.79 bits per heavy atom. The molecule has 2 heterocycles. The van der Waals surface area contributed by atoms with Crippen molar-refractivity contribution in [3.63, 3.8) is 0 Å². The number of hydrogen-bond acceptors (Lipinski definition) is 4. The molecule has 2 aromatic heterocycles. The molecule has 174 valence electrons. The number of anilines is 1. The normalized spacial score (nSPS) is 11.3. The summed E-state index contributed by atoms with van der Waals surface area (Å²) in [5.41, 5.74) is 0.929. The molecule has 0 aliphatic carbocycles. The fourth-order valence-electron chi connectivity index (χ4n) is 3.16. The van der Waals surface area contributed by atoms with E-state index in [1.165, 1.54) is 48.8 Å². The van der Waals surface area contributed by atoms with Gasteiger partial charge in [0.2, 0.25) is 0 Å². The van der Waals surface area contributed by atoms with Gasteiger partial charge < -0.3 is 10.1 Å². The van der Waals surface area contributed by atoms with Crippen LogP contribution in [0.2, 0.25) is 0 Å². The first-order valence-corrected chi connectivity index (χ1v) is 10.1. The molecule has 1 amide bonds. The second kappa shape index (κ2) is 9.74. The molecule has 0 spiro atoms. The molecule has 6 nitrogen and oxygen atoms in total. The van der Waals surface area contributed by atoms with Crippen molar-refractivity contribution in [1.29, 1.82) is 0 Å². The van der Waals surface area contributed by atoms with Gasteiger partial charge in [-0.3, -0.25) is 14.5 Å². The number of para-hydroxylation sites is 1. The molecule has 4 aromatic rings. The van der Waals surface area contributed by atoms with Gasteiger partial charge in [0.1, 0.15) is 23.9 Å². The molecular weight excluding hydrogens is 452 g/mol. The van der Waals surface area contributed by atoms with E-state index in [1.807, 2.05) is 0 Å². The van der Waals surface area contributed by atoms with Gasteiger partial charge in [0.25, 0.3) is 5.91 Å². The summed E-state index contributed by atoms with van der Waals surface area (Å²) in [5.74, 6) is -1.15. The van der Waals surface area contributed by atoms with Gasteiger partial charge in [0.15, 0.2) is 0 Å². The predicted molar refractivity (Wildman–Crippen MR) is 116 cm³/mol. The monoisotopic (exact) mass is 470 g/mol. The van der Waals surface area contributed by atoms with Crippen molar-refractivity contribution >= 4 is 11.6 Å². The Bertz CT molecular complexity index is 1290. The molecule has 4 rings (SSSR count). The molecule has 0 bridgehead atoms. The fraction of sp³-hybridized carbons (Fsp3) is 0.125. The first-order chi connectivity index (χ1) is 16.3. The third kappa shape index (κ3) is 5.77. The van der Waals surface area contributed by atoms with Crippen LogP contribution in [0.1, 0.15) is 27.2 Å². The summed E-state index contributed by atoms with van der Waals surface area (Å²) < 4.78 is 59.3. The van der Waals surface area contributed by atoms with Gasteiger partial charge in [-0.05, 0) is 47.5 Å². The Labute approximate surface area is 191 Å². The number of carbonyl (C=O) groups excluding carboxylic acids is 1. The Hall–Kier alpha value is -4.21. The van der Waals surface area contributed by atoms with Crippen LogP contribution in [0.4, 0.5) is 23.2 Å². The van der Waals surface area contributed by atoms with E-state index >= 15 is 0 Å². The predicted octanol–water partition coefficient (Wildman–Crippen LogP) is 5.32. The molecule has 34 heavy (non-hydrogen) atoms. The topological polar surface area (TPSA) is 69.0 Å². The van der Waals surface area contributed by atoms with E-state index in [1.54, 1.807) is 29.1 Å². The lowest BCUT2D eigenvalue weighted by atomic mass is 10.2. The highest BCUT2D eigenvalue weighted by atomic mass is 19.4. The summed E-state index contributed by atoms with van der Waals surface area (Å²) in [4.78, 5) is 16.6. The summed E-state index contributed by atoms with van der Waals surface area (Å²) in [6.07, 6.45) is -0.0903. The second-order valence-corrected chi connectivity index (χ2v) is 7.34. The minimum Gasteiger partial charge on any atom is -0.488 e. The molecule has 2 aromatic carbocycles. The van der Waals surface area contributed by atoms with E-state index in [2.05, 4.69) is 15.4 Å². The number of aromatic nitrogens is 3. The SMILES string of the molecule is O=C(Nc1cnn(Cc2ccc(F)cc2)c1)c1cc(COc2ccccc2C(F)(F)F)ccn1. The zero-order valence-corrected chi connectivity index (χ0v) is 17.6. The number of nitrogens with one attached hydrogen (secondary N) is 1. The maximum absolute atomic E-state index is 13.1. The van der Waals surface area contributed by atoms with Crippen molar-refractivity contribution in [3.8, 4) is 5.75 Å². The summed E-state index contributed by atoms with van der Waals surface area (Å²) in [6.45, 7) is 0.214. The first kappa shape index (κ1) is 23.0. The molecule has 0 atom stereocenters. The average Bonchev–Trinajstić information content (AvgIpc) is 3.25. The Balaban J connectivity index is 1.39. The van der Waals surface area contributed by atoms with Gasteiger partial charge in [-0.2, -0.15) is 18.3 Å². The van der Waals surface area contributed by atoms with Crippen molar-refractivity contribution in [2.24, 2.45) is 0 Å². The number of amides is 1. The van der Waals surface area contributed by atoms with Crippen molar-refractivity contribution in [2.45, 2.75) is 19.3 Å². The van der Waals surface area contributed by atoms with E-state index in [9.17, 15) is 22.4 Å². The number of pyridine rings is 1. The van der Waals surface area contributed by atoms with E-state index in [0.29, 0.717) is 17.8 Å². The van der Waals surface area contributed by atoms with Crippen LogP contribution in [0, 0.1) is 5.82 Å². The van der Waals surface area contributed by atoms with E-state index in [0.717, 1.165) is 11.6 Å². The highest BCUT2D eigenvalue weighted by Crippen LogP contribution is 2.36. The maximum atomic E-state index is 13.1. The van der Waals surface area contributed by atoms with Gasteiger partial charge in [-0.1, -0.05) is 24.3 Å². The number of halogens is 4. The Morgan fingerprint density at radius 1 is 1.03 bits per heavy atom. The van der Waals surface area contributed by atoms with Crippen LogP contribution in [-0.4, -0.2) is 20.7 Å². The van der Waals surface area contributed by atoms with E-state index < -0.39 is 17.6 Å². The molecule has 0 radical (unpaired) electrons. The molecule has 0 saturated heterocycles. The average molecular weight is 470 g/mol. The number of nitrogens with zero attached hydrogens (tertiary/aromatic N) is 3. The molecule has 0 aliphatic heterocycles. The van der Waals surface area contributed by atoms with Crippen molar-refractivity contribution in [3.05, 3.63) is 107 Å². The molecule has 10 heteroatoms. The number of benzene rings is 2. The number of rotatable bonds is 7. The highest BCUT2D eigenvalue weighted by molar-refractivity contribution is 6.02. The van der Waals surface area contributed by atoms with Crippen LogP contribution in [-0.2, 0) is 19.3 Å². The molecule has 0 aliphatic rings. The molecule has 1 N–H and O–H groups in total. The molecule has 0 saturated carbocycles. The van der Waals surface area contributed by atoms with Crippen LogP contribution in [0.15, 0.2) is 79.3 Å². The quantitative estimate of drug-likeness (QED) is 0.372. The van der Waals surface area contributed by atoms with Gasteiger partial charge in [0.05, 0.1) is 24.0 Å². The third-order valence-electron chi connectivity index (χ3n) is 4.79. The van der Waals surface area contributed by atoms with Crippen LogP contribution in [0.25, 0.3) is 0 Å². The lowest BCUT2D eigenvalue weighted by molar-refractivity contribution is -0.139. The lowest BCUT2D eigenvalue weighted by Gasteiger charge is -2.14. The summed E-state index contributed by atoms with van der Waals surface area (Å²) in [5, 5.41) is 6.83. The maximum Gasteiger partial charge on any atom is 0.419 e. The van der Waals surface area contributed by atoms with E-state index in [4.69, 9.17) is 4.74 Å². The third-order valence-corrected chi connectivity index (χ3v) is 4.79. The minimum atomic E-state index is -4.54. The van der Waals surface area contributed by atoms with Gasteiger partial charge in [0, 0.05) is 12.4 Å². The number of alkyl halides is 3. The highest BCUT2D eigenvalue weighted by Gasteiger charge is 2.34. The van der Waals surface area contributed by atoms with Gasteiger partial charge >= 0.3 is 6.18 Å². The zero-order valence-electron chi connectivity index (χ0n) is 17.6. The first-order valence-electron chi connectivity index (χ1n) is 10.1. The van der Waals surface area contributed by atoms with Crippen molar-refractivity contribution in [2.75, 3.05) is 5.32 Å². The summed E-state index contributed by atoms with van der Waals surface area (Å²) in [7, 11) is 0. The summed E-state index contributed by atoms with van der Waals surface area (Å²) in [6, 6.07) is 13.9. The molecular formula is C24H18F4N4O2. The number of carbonyl (C=O) groups is 1. The lowest BCUT2D eigenvalue weighted by Crippen LogP contribution is -2.14. The van der Waals surface area contributed by atoms with Gasteiger partial charge in [-0.15, -0.1) is 0 Å². The van der Waals surface area contributed by atoms with Crippen LogP contribution in [0.5, 0.6) is 5.75 Å². The van der Waals surface area contributed by atoms with Crippen LogP contribution < -0.4 is 10.1 Å². The number of ether oxygens (including phenoxy) is 1.